The fraction of sp³-hybridized carbons (Fsp3) is 0.368. The molecule has 2 aromatic carbocycles. The summed E-state index contributed by atoms with van der Waals surface area (Å²) in [6, 6.07) is 20.8. The number of halogens is 1. The van der Waals surface area contributed by atoms with Gasteiger partial charge in [0.2, 0.25) is 0 Å². The van der Waals surface area contributed by atoms with Crippen LogP contribution in [0.4, 0.5) is 0 Å². The first-order valence-corrected chi connectivity index (χ1v) is 7.80. The standard InChI is InChI=1S/C19H23NO.ClH/c21-19(18-12-7-13-20-18,14-16-8-3-1-4-9-16)15-17-10-5-2-6-11-17;/h1-6,8-11,18,20-21H,7,12-15H2;1H. The molecule has 3 heteroatoms. The Bertz CT molecular complexity index is 511. The summed E-state index contributed by atoms with van der Waals surface area (Å²) in [7, 11) is 0. The van der Waals surface area contributed by atoms with Gasteiger partial charge in [0, 0.05) is 18.9 Å². The van der Waals surface area contributed by atoms with E-state index in [2.05, 4.69) is 29.6 Å². The highest BCUT2D eigenvalue weighted by Crippen LogP contribution is 2.27. The molecule has 2 N–H and O–H groups in total. The minimum Gasteiger partial charge on any atom is -0.388 e. The van der Waals surface area contributed by atoms with Crippen LogP contribution in [0.5, 0.6) is 0 Å². The number of hydrogen-bond acceptors (Lipinski definition) is 2. The lowest BCUT2D eigenvalue weighted by Gasteiger charge is -2.35. The van der Waals surface area contributed by atoms with E-state index in [1.54, 1.807) is 0 Å². The van der Waals surface area contributed by atoms with Crippen molar-refractivity contribution in [1.29, 1.82) is 0 Å². The zero-order valence-electron chi connectivity index (χ0n) is 12.7. The van der Waals surface area contributed by atoms with Crippen LogP contribution in [0.2, 0.25) is 0 Å². The van der Waals surface area contributed by atoms with Gasteiger partial charge in [-0.3, -0.25) is 0 Å². The van der Waals surface area contributed by atoms with Crippen LogP contribution >= 0.6 is 12.4 Å². The predicted molar refractivity (Wildman–Crippen MR) is 93.5 cm³/mol. The van der Waals surface area contributed by atoms with Crippen LogP contribution in [0, 0.1) is 0 Å². The summed E-state index contributed by atoms with van der Waals surface area (Å²) in [4.78, 5) is 0. The SMILES string of the molecule is Cl.OC(Cc1ccccc1)(Cc1ccccc1)C1CCCN1. The number of aliphatic hydroxyl groups is 1. The van der Waals surface area contributed by atoms with Crippen molar-refractivity contribution in [2.75, 3.05) is 6.54 Å². The van der Waals surface area contributed by atoms with Gasteiger partial charge in [-0.25, -0.2) is 0 Å². The monoisotopic (exact) mass is 317 g/mol. The molecule has 0 bridgehead atoms. The third-order valence-corrected chi connectivity index (χ3v) is 4.42. The first-order valence-electron chi connectivity index (χ1n) is 7.80. The molecule has 0 amide bonds. The molecule has 1 saturated heterocycles. The molecule has 2 aromatic rings. The van der Waals surface area contributed by atoms with Gasteiger partial charge in [0.05, 0.1) is 5.60 Å². The van der Waals surface area contributed by atoms with Crippen LogP contribution in [0.3, 0.4) is 0 Å². The third-order valence-electron chi connectivity index (χ3n) is 4.42. The van der Waals surface area contributed by atoms with Crippen molar-refractivity contribution in [2.24, 2.45) is 0 Å². The smallest absolute Gasteiger partial charge is 0.0880 e. The molecule has 0 spiro atoms. The molecule has 2 nitrogen and oxygen atoms in total. The molecule has 0 aliphatic carbocycles. The largest absolute Gasteiger partial charge is 0.388 e. The Morgan fingerprint density at radius 1 is 0.909 bits per heavy atom. The summed E-state index contributed by atoms with van der Waals surface area (Å²) in [5, 5.41) is 14.8. The van der Waals surface area contributed by atoms with Crippen molar-refractivity contribution in [3.63, 3.8) is 0 Å². The highest BCUT2D eigenvalue weighted by molar-refractivity contribution is 5.85. The maximum atomic E-state index is 11.4. The maximum absolute atomic E-state index is 11.4. The van der Waals surface area contributed by atoms with Crippen LogP contribution in [-0.2, 0) is 12.8 Å². The van der Waals surface area contributed by atoms with E-state index in [4.69, 9.17) is 0 Å². The second-order valence-electron chi connectivity index (χ2n) is 6.08. The second kappa shape index (κ2) is 7.77. The maximum Gasteiger partial charge on any atom is 0.0880 e. The van der Waals surface area contributed by atoms with E-state index in [0.717, 1.165) is 19.4 Å². The zero-order chi connectivity index (χ0) is 14.5. The average molecular weight is 318 g/mol. The summed E-state index contributed by atoms with van der Waals surface area (Å²) in [6.07, 6.45) is 3.59. The average Bonchev–Trinajstić information content (AvgIpc) is 3.04. The van der Waals surface area contributed by atoms with Crippen molar-refractivity contribution in [3.8, 4) is 0 Å². The van der Waals surface area contributed by atoms with Crippen LogP contribution in [0.25, 0.3) is 0 Å². The van der Waals surface area contributed by atoms with Crippen LogP contribution < -0.4 is 5.32 Å². The molecule has 3 rings (SSSR count). The minimum absolute atomic E-state index is 0. The first kappa shape index (κ1) is 17.0. The molecule has 118 valence electrons. The van der Waals surface area contributed by atoms with Gasteiger partial charge in [0.1, 0.15) is 0 Å². The normalized spacial score (nSPS) is 18.0. The molecule has 1 unspecified atom stereocenters. The molecule has 1 aliphatic rings. The quantitative estimate of drug-likeness (QED) is 0.886. The molecule has 1 atom stereocenters. The lowest BCUT2D eigenvalue weighted by molar-refractivity contribution is 0.00788. The van der Waals surface area contributed by atoms with E-state index >= 15 is 0 Å². The summed E-state index contributed by atoms with van der Waals surface area (Å²) >= 11 is 0. The molecule has 0 aromatic heterocycles. The predicted octanol–water partition coefficient (Wildman–Crippen LogP) is 3.38. The van der Waals surface area contributed by atoms with Crippen LogP contribution in [0.1, 0.15) is 24.0 Å². The second-order valence-corrected chi connectivity index (χ2v) is 6.08. The molecular weight excluding hydrogens is 294 g/mol. The lowest BCUT2D eigenvalue weighted by atomic mass is 9.81. The zero-order valence-corrected chi connectivity index (χ0v) is 13.6. The Labute approximate surface area is 139 Å². The van der Waals surface area contributed by atoms with Crippen molar-refractivity contribution in [2.45, 2.75) is 37.3 Å². The highest BCUT2D eigenvalue weighted by Gasteiger charge is 2.38. The van der Waals surface area contributed by atoms with Gasteiger partial charge in [-0.05, 0) is 30.5 Å². The Kier molecular flexibility index (Phi) is 6.01. The van der Waals surface area contributed by atoms with Gasteiger partial charge in [-0.2, -0.15) is 0 Å². The van der Waals surface area contributed by atoms with E-state index in [-0.39, 0.29) is 18.4 Å². The van der Waals surface area contributed by atoms with E-state index in [1.807, 2.05) is 36.4 Å². The molecule has 22 heavy (non-hydrogen) atoms. The Hall–Kier alpha value is -1.35. The van der Waals surface area contributed by atoms with Crippen LogP contribution in [0.15, 0.2) is 60.7 Å². The summed E-state index contributed by atoms with van der Waals surface area (Å²) in [5.74, 6) is 0. The van der Waals surface area contributed by atoms with Gasteiger partial charge in [0.25, 0.3) is 0 Å². The fourth-order valence-corrected chi connectivity index (χ4v) is 3.35. The van der Waals surface area contributed by atoms with E-state index in [9.17, 15) is 5.11 Å². The van der Waals surface area contributed by atoms with E-state index in [0.29, 0.717) is 12.8 Å². The van der Waals surface area contributed by atoms with Gasteiger partial charge in [-0.15, -0.1) is 12.4 Å². The van der Waals surface area contributed by atoms with Crippen LogP contribution in [-0.4, -0.2) is 23.3 Å². The number of benzene rings is 2. The third kappa shape index (κ3) is 4.10. The van der Waals surface area contributed by atoms with Crippen molar-refractivity contribution in [1.82, 2.24) is 5.32 Å². The van der Waals surface area contributed by atoms with E-state index < -0.39 is 5.60 Å². The number of hydrogen-bond donors (Lipinski definition) is 2. The highest BCUT2D eigenvalue weighted by atomic mass is 35.5. The van der Waals surface area contributed by atoms with Gasteiger partial charge in [0.15, 0.2) is 0 Å². The molecule has 0 radical (unpaired) electrons. The molecule has 1 fully saturated rings. The summed E-state index contributed by atoms with van der Waals surface area (Å²) in [5.41, 5.74) is 1.67. The summed E-state index contributed by atoms with van der Waals surface area (Å²) < 4.78 is 0. The first-order chi connectivity index (χ1) is 10.3. The number of rotatable bonds is 5. The van der Waals surface area contributed by atoms with Gasteiger partial charge >= 0.3 is 0 Å². The molecule has 0 saturated carbocycles. The number of nitrogens with one attached hydrogen (secondary N) is 1. The lowest BCUT2D eigenvalue weighted by Crippen LogP contribution is -2.51. The summed E-state index contributed by atoms with van der Waals surface area (Å²) in [6.45, 7) is 1.01. The Balaban J connectivity index is 0.00000176. The van der Waals surface area contributed by atoms with Crippen molar-refractivity contribution < 1.29 is 5.11 Å². The Morgan fingerprint density at radius 3 is 1.82 bits per heavy atom. The van der Waals surface area contributed by atoms with Gasteiger partial charge in [-0.1, -0.05) is 60.7 Å². The van der Waals surface area contributed by atoms with E-state index in [1.165, 1.54) is 11.1 Å². The topological polar surface area (TPSA) is 32.3 Å². The molecule has 1 heterocycles. The minimum atomic E-state index is -0.723. The van der Waals surface area contributed by atoms with Crippen molar-refractivity contribution >= 4 is 12.4 Å². The fourth-order valence-electron chi connectivity index (χ4n) is 3.35. The Morgan fingerprint density at radius 2 is 1.41 bits per heavy atom. The molecule has 1 aliphatic heterocycles. The van der Waals surface area contributed by atoms with Gasteiger partial charge < -0.3 is 10.4 Å². The van der Waals surface area contributed by atoms with Crippen molar-refractivity contribution in [3.05, 3.63) is 71.8 Å². The molecular formula is C19H24ClNO.